The van der Waals surface area contributed by atoms with Gasteiger partial charge in [0.15, 0.2) is 0 Å². The minimum Gasteiger partial charge on any atom is -0.380 e. The predicted molar refractivity (Wildman–Crippen MR) is 93.8 cm³/mol. The van der Waals surface area contributed by atoms with Crippen molar-refractivity contribution in [2.24, 2.45) is 0 Å². The molecule has 0 bridgehead atoms. The van der Waals surface area contributed by atoms with Gasteiger partial charge in [0.05, 0.1) is 11.4 Å². The molecular formula is C19H25N3. The summed E-state index contributed by atoms with van der Waals surface area (Å²) in [6.45, 7) is 4.44. The third kappa shape index (κ3) is 2.65. The minimum atomic E-state index is 0.660. The third-order valence-electron chi connectivity index (χ3n) is 4.90. The highest BCUT2D eigenvalue weighted by atomic mass is 15.2. The summed E-state index contributed by atoms with van der Waals surface area (Å²) >= 11 is 0. The Morgan fingerprint density at radius 1 is 1.00 bits per heavy atom. The SMILES string of the molecule is Cc1nc(N2CCCCCC2)c2ccccc2c1NC1CC1. The summed E-state index contributed by atoms with van der Waals surface area (Å²) < 4.78 is 0. The van der Waals surface area contributed by atoms with E-state index in [2.05, 4.69) is 41.4 Å². The number of hydrogen-bond donors (Lipinski definition) is 1. The van der Waals surface area contributed by atoms with E-state index in [-0.39, 0.29) is 0 Å². The van der Waals surface area contributed by atoms with E-state index in [0.29, 0.717) is 6.04 Å². The van der Waals surface area contributed by atoms with Crippen molar-refractivity contribution < 1.29 is 0 Å². The highest BCUT2D eigenvalue weighted by molar-refractivity contribution is 6.01. The van der Waals surface area contributed by atoms with E-state index in [4.69, 9.17) is 4.98 Å². The second-order valence-corrected chi connectivity index (χ2v) is 6.76. The van der Waals surface area contributed by atoms with Gasteiger partial charge < -0.3 is 10.2 Å². The Bertz CT molecular complexity index is 668. The van der Waals surface area contributed by atoms with E-state index in [9.17, 15) is 0 Å². The van der Waals surface area contributed by atoms with Gasteiger partial charge in [0.25, 0.3) is 0 Å². The lowest BCUT2D eigenvalue weighted by Crippen LogP contribution is -2.25. The van der Waals surface area contributed by atoms with Crippen LogP contribution >= 0.6 is 0 Å². The zero-order valence-corrected chi connectivity index (χ0v) is 13.4. The Balaban J connectivity index is 1.81. The van der Waals surface area contributed by atoms with E-state index in [0.717, 1.165) is 18.8 Å². The lowest BCUT2D eigenvalue weighted by atomic mass is 10.1. The Morgan fingerprint density at radius 2 is 1.68 bits per heavy atom. The average Bonchev–Trinajstić information content (AvgIpc) is 3.36. The van der Waals surface area contributed by atoms with Crippen molar-refractivity contribution in [1.29, 1.82) is 0 Å². The lowest BCUT2D eigenvalue weighted by molar-refractivity contribution is 0.726. The van der Waals surface area contributed by atoms with Crippen LogP contribution in [0, 0.1) is 6.92 Å². The van der Waals surface area contributed by atoms with Gasteiger partial charge in [-0.2, -0.15) is 0 Å². The smallest absolute Gasteiger partial charge is 0.136 e. The normalized spacial score (nSPS) is 19.2. The molecule has 0 amide bonds. The van der Waals surface area contributed by atoms with Crippen LogP contribution in [-0.2, 0) is 0 Å². The Morgan fingerprint density at radius 3 is 2.36 bits per heavy atom. The Labute approximate surface area is 132 Å². The molecule has 1 N–H and O–H groups in total. The summed E-state index contributed by atoms with van der Waals surface area (Å²) in [6.07, 6.45) is 7.88. The minimum absolute atomic E-state index is 0.660. The van der Waals surface area contributed by atoms with Crippen molar-refractivity contribution in [3.8, 4) is 0 Å². The molecular weight excluding hydrogens is 270 g/mol. The van der Waals surface area contributed by atoms with Crippen molar-refractivity contribution in [2.45, 2.75) is 51.5 Å². The summed E-state index contributed by atoms with van der Waals surface area (Å²) in [7, 11) is 0. The van der Waals surface area contributed by atoms with Crippen LogP contribution in [0.2, 0.25) is 0 Å². The molecule has 0 radical (unpaired) electrons. The Hall–Kier alpha value is -1.77. The number of hydrogen-bond acceptors (Lipinski definition) is 3. The van der Waals surface area contributed by atoms with E-state index in [1.807, 2.05) is 0 Å². The zero-order chi connectivity index (χ0) is 14.9. The number of aryl methyl sites for hydroxylation is 1. The van der Waals surface area contributed by atoms with Crippen molar-refractivity contribution in [3.63, 3.8) is 0 Å². The van der Waals surface area contributed by atoms with Crippen LogP contribution in [0.4, 0.5) is 11.5 Å². The maximum atomic E-state index is 5.01. The van der Waals surface area contributed by atoms with Crippen molar-refractivity contribution >= 4 is 22.3 Å². The highest BCUT2D eigenvalue weighted by Crippen LogP contribution is 2.36. The standard InChI is InChI=1S/C19H25N3/c1-14-18(21-15-10-11-15)16-8-4-5-9-17(16)19(20-14)22-12-6-2-3-7-13-22/h4-5,8-9,15,21H,2-3,6-7,10-13H2,1H3. The fourth-order valence-corrected chi connectivity index (χ4v) is 3.50. The molecule has 2 aromatic rings. The molecule has 0 atom stereocenters. The molecule has 1 aliphatic heterocycles. The number of anilines is 2. The van der Waals surface area contributed by atoms with Gasteiger partial charge in [-0.15, -0.1) is 0 Å². The van der Waals surface area contributed by atoms with Crippen LogP contribution in [-0.4, -0.2) is 24.1 Å². The maximum Gasteiger partial charge on any atom is 0.136 e. The van der Waals surface area contributed by atoms with Crippen LogP contribution in [0.15, 0.2) is 24.3 Å². The Kier molecular flexibility index (Phi) is 3.65. The second-order valence-electron chi connectivity index (χ2n) is 6.76. The second kappa shape index (κ2) is 5.79. The molecule has 2 fully saturated rings. The maximum absolute atomic E-state index is 5.01. The first-order chi connectivity index (χ1) is 10.8. The number of benzene rings is 1. The molecule has 4 rings (SSSR count). The molecule has 3 nitrogen and oxygen atoms in total. The summed E-state index contributed by atoms with van der Waals surface area (Å²) in [5, 5.41) is 6.33. The van der Waals surface area contributed by atoms with Gasteiger partial charge in [0.1, 0.15) is 5.82 Å². The van der Waals surface area contributed by atoms with Crippen molar-refractivity contribution in [1.82, 2.24) is 4.98 Å². The van der Waals surface area contributed by atoms with Crippen LogP contribution in [0.3, 0.4) is 0 Å². The number of nitrogens with zero attached hydrogens (tertiary/aromatic N) is 2. The monoisotopic (exact) mass is 295 g/mol. The average molecular weight is 295 g/mol. The molecule has 2 heterocycles. The van der Waals surface area contributed by atoms with E-state index >= 15 is 0 Å². The molecule has 1 saturated carbocycles. The number of nitrogens with one attached hydrogen (secondary N) is 1. The van der Waals surface area contributed by atoms with Gasteiger partial charge in [-0.1, -0.05) is 37.1 Å². The van der Waals surface area contributed by atoms with Gasteiger partial charge >= 0.3 is 0 Å². The fourth-order valence-electron chi connectivity index (χ4n) is 3.50. The van der Waals surface area contributed by atoms with Gasteiger partial charge in [-0.25, -0.2) is 4.98 Å². The van der Waals surface area contributed by atoms with Gasteiger partial charge in [0, 0.05) is 29.9 Å². The largest absolute Gasteiger partial charge is 0.380 e. The summed E-state index contributed by atoms with van der Waals surface area (Å²) in [5.74, 6) is 1.19. The quantitative estimate of drug-likeness (QED) is 0.903. The molecule has 22 heavy (non-hydrogen) atoms. The first-order valence-corrected chi connectivity index (χ1v) is 8.74. The summed E-state index contributed by atoms with van der Waals surface area (Å²) in [6, 6.07) is 9.43. The molecule has 1 saturated heterocycles. The van der Waals surface area contributed by atoms with Crippen LogP contribution < -0.4 is 10.2 Å². The van der Waals surface area contributed by atoms with Crippen molar-refractivity contribution in [2.75, 3.05) is 23.3 Å². The number of fused-ring (bicyclic) bond motifs is 1. The highest BCUT2D eigenvalue weighted by Gasteiger charge is 2.24. The van der Waals surface area contributed by atoms with Crippen molar-refractivity contribution in [3.05, 3.63) is 30.0 Å². The molecule has 1 aromatic carbocycles. The van der Waals surface area contributed by atoms with Gasteiger partial charge in [-0.3, -0.25) is 0 Å². The molecule has 1 aliphatic carbocycles. The van der Waals surface area contributed by atoms with E-state index in [1.165, 1.54) is 60.8 Å². The topological polar surface area (TPSA) is 28.2 Å². The third-order valence-corrected chi connectivity index (χ3v) is 4.90. The summed E-state index contributed by atoms with van der Waals surface area (Å²) in [5.41, 5.74) is 2.39. The lowest BCUT2D eigenvalue weighted by Gasteiger charge is -2.25. The first-order valence-electron chi connectivity index (χ1n) is 8.74. The van der Waals surface area contributed by atoms with E-state index in [1.54, 1.807) is 0 Å². The first kappa shape index (κ1) is 13.9. The van der Waals surface area contributed by atoms with Gasteiger partial charge in [-0.05, 0) is 32.6 Å². The molecule has 1 aromatic heterocycles. The van der Waals surface area contributed by atoms with Crippen LogP contribution in [0.25, 0.3) is 10.8 Å². The van der Waals surface area contributed by atoms with Crippen LogP contribution in [0.1, 0.15) is 44.2 Å². The summed E-state index contributed by atoms with van der Waals surface area (Å²) in [4.78, 5) is 7.51. The zero-order valence-electron chi connectivity index (χ0n) is 13.4. The number of pyridine rings is 1. The van der Waals surface area contributed by atoms with Gasteiger partial charge in [0.2, 0.25) is 0 Å². The molecule has 0 spiro atoms. The predicted octanol–water partition coefficient (Wildman–Crippen LogP) is 4.50. The van der Waals surface area contributed by atoms with Crippen LogP contribution in [0.5, 0.6) is 0 Å². The molecule has 2 aliphatic rings. The van der Waals surface area contributed by atoms with E-state index < -0.39 is 0 Å². The molecule has 116 valence electrons. The number of aromatic nitrogens is 1. The molecule has 0 unspecified atom stereocenters. The number of rotatable bonds is 3. The molecule has 3 heteroatoms. The fraction of sp³-hybridized carbons (Fsp3) is 0.526.